The van der Waals surface area contributed by atoms with Crippen molar-refractivity contribution in [3.05, 3.63) is 0 Å². The van der Waals surface area contributed by atoms with E-state index in [0.29, 0.717) is 0 Å². The third kappa shape index (κ3) is 4.38. The average Bonchev–Trinajstić information content (AvgIpc) is 2.35. The van der Waals surface area contributed by atoms with Crippen LogP contribution in [0.4, 0.5) is 0 Å². The van der Waals surface area contributed by atoms with E-state index < -0.39 is 23.5 Å². The first-order valence-corrected chi connectivity index (χ1v) is 6.10. The van der Waals surface area contributed by atoms with Crippen molar-refractivity contribution in [1.29, 1.82) is 0 Å². The van der Waals surface area contributed by atoms with E-state index in [1.54, 1.807) is 41.5 Å². The molecule has 0 aliphatic carbocycles. The molecule has 1 aliphatic rings. The fourth-order valence-corrected chi connectivity index (χ4v) is 1.89. The molecule has 0 N–H and O–H groups in total. The number of hydrogen-bond donors (Lipinski definition) is 0. The second-order valence-electron chi connectivity index (χ2n) is 5.99. The summed E-state index contributed by atoms with van der Waals surface area (Å²) < 4.78 is 16.0. The van der Waals surface area contributed by atoms with Crippen LogP contribution < -0.4 is 0 Å². The third-order valence-electron chi connectivity index (χ3n) is 2.36. The van der Waals surface area contributed by atoms with Gasteiger partial charge in [-0.3, -0.25) is 9.59 Å². The summed E-state index contributed by atoms with van der Waals surface area (Å²) in [5.41, 5.74) is -0.588. The smallest absolute Gasteiger partial charge is 0.313 e. The predicted octanol–water partition coefficient (Wildman–Crippen LogP) is 1.83. The van der Waals surface area contributed by atoms with Crippen molar-refractivity contribution in [3.63, 3.8) is 0 Å². The fraction of sp³-hybridized carbons (Fsp3) is 0.846. The van der Waals surface area contributed by atoms with Crippen LogP contribution in [0.3, 0.4) is 0 Å². The van der Waals surface area contributed by atoms with Gasteiger partial charge in [-0.25, -0.2) is 0 Å². The summed E-state index contributed by atoms with van der Waals surface area (Å²) in [6.45, 7) is 10.5. The average molecular weight is 258 g/mol. The Morgan fingerprint density at radius 3 is 2.17 bits per heavy atom. The lowest BCUT2D eigenvalue weighted by molar-refractivity contribution is -0.162. The number of hydrogen-bond acceptors (Lipinski definition) is 5. The van der Waals surface area contributed by atoms with Crippen molar-refractivity contribution in [3.8, 4) is 0 Å². The Morgan fingerprint density at radius 1 is 1.22 bits per heavy atom. The van der Waals surface area contributed by atoms with Crippen molar-refractivity contribution in [1.82, 2.24) is 0 Å². The molecule has 1 saturated heterocycles. The molecule has 0 saturated carbocycles. The second kappa shape index (κ2) is 4.97. The van der Waals surface area contributed by atoms with Gasteiger partial charge in [0, 0.05) is 0 Å². The molecule has 0 aromatic carbocycles. The molecule has 0 aromatic heterocycles. The monoisotopic (exact) mass is 258 g/mol. The minimum Gasteiger partial charge on any atom is -0.460 e. The van der Waals surface area contributed by atoms with Crippen LogP contribution in [0.25, 0.3) is 0 Å². The van der Waals surface area contributed by atoms with Crippen LogP contribution in [-0.4, -0.2) is 35.3 Å². The number of esters is 1. The van der Waals surface area contributed by atoms with Crippen molar-refractivity contribution in [2.45, 2.75) is 71.6 Å². The molecule has 0 unspecified atom stereocenters. The maximum Gasteiger partial charge on any atom is 0.313 e. The molecule has 18 heavy (non-hydrogen) atoms. The van der Waals surface area contributed by atoms with Crippen LogP contribution in [0, 0.1) is 0 Å². The van der Waals surface area contributed by atoms with Gasteiger partial charge in [-0.2, -0.15) is 0 Å². The Hall–Kier alpha value is -0.940. The SMILES string of the molecule is C[C@@H]1OC(C)(C)O[C@@H]1C(=O)CC(=O)OC(C)(C)C. The van der Waals surface area contributed by atoms with Gasteiger partial charge in [-0.05, 0) is 41.5 Å². The van der Waals surface area contributed by atoms with Crippen LogP contribution in [0.5, 0.6) is 0 Å². The number of ketones is 1. The zero-order chi connectivity index (χ0) is 14.1. The first kappa shape index (κ1) is 15.1. The lowest BCUT2D eigenvalue weighted by Crippen LogP contribution is -2.33. The summed E-state index contributed by atoms with van der Waals surface area (Å²) in [6, 6.07) is 0. The molecule has 2 atom stereocenters. The molecule has 5 heteroatoms. The van der Waals surface area contributed by atoms with Crippen molar-refractivity contribution in [2.24, 2.45) is 0 Å². The highest BCUT2D eigenvalue weighted by molar-refractivity contribution is 5.98. The van der Waals surface area contributed by atoms with Gasteiger partial charge >= 0.3 is 5.97 Å². The van der Waals surface area contributed by atoms with Gasteiger partial charge in [0.25, 0.3) is 0 Å². The molecule has 0 spiro atoms. The van der Waals surface area contributed by atoms with E-state index >= 15 is 0 Å². The van der Waals surface area contributed by atoms with Crippen molar-refractivity contribution in [2.75, 3.05) is 0 Å². The summed E-state index contributed by atoms with van der Waals surface area (Å²) in [7, 11) is 0. The zero-order valence-electron chi connectivity index (χ0n) is 11.9. The lowest BCUT2D eigenvalue weighted by Gasteiger charge is -2.20. The summed E-state index contributed by atoms with van der Waals surface area (Å²) >= 11 is 0. The normalized spacial score (nSPS) is 27.0. The number of rotatable bonds is 3. The van der Waals surface area contributed by atoms with Gasteiger partial charge in [-0.1, -0.05) is 0 Å². The van der Waals surface area contributed by atoms with Gasteiger partial charge in [0.1, 0.15) is 18.1 Å². The molecule has 0 bridgehead atoms. The van der Waals surface area contributed by atoms with Crippen LogP contribution in [0.2, 0.25) is 0 Å². The minimum atomic E-state index is -0.784. The second-order valence-corrected chi connectivity index (χ2v) is 5.99. The predicted molar refractivity (Wildman–Crippen MR) is 65.0 cm³/mol. The van der Waals surface area contributed by atoms with E-state index in [1.165, 1.54) is 0 Å². The van der Waals surface area contributed by atoms with Crippen molar-refractivity contribution >= 4 is 11.8 Å². The van der Waals surface area contributed by atoms with Gasteiger partial charge in [0.15, 0.2) is 11.6 Å². The highest BCUT2D eigenvalue weighted by Crippen LogP contribution is 2.29. The molecule has 0 radical (unpaired) electrons. The van der Waals surface area contributed by atoms with E-state index in [-0.39, 0.29) is 18.3 Å². The van der Waals surface area contributed by atoms with Gasteiger partial charge in [-0.15, -0.1) is 0 Å². The largest absolute Gasteiger partial charge is 0.460 e. The third-order valence-corrected chi connectivity index (χ3v) is 2.36. The van der Waals surface area contributed by atoms with Crippen LogP contribution in [0.1, 0.15) is 48.0 Å². The molecule has 0 aromatic rings. The van der Waals surface area contributed by atoms with E-state index in [2.05, 4.69) is 0 Å². The number of carbonyl (C=O) groups excluding carboxylic acids is 2. The summed E-state index contributed by atoms with van der Waals surface area (Å²) in [5.74, 6) is -1.62. The Balaban J connectivity index is 2.54. The number of ether oxygens (including phenoxy) is 3. The Kier molecular flexibility index (Phi) is 4.18. The van der Waals surface area contributed by atoms with Crippen molar-refractivity contribution < 1.29 is 23.8 Å². The summed E-state index contributed by atoms with van der Waals surface area (Å²) in [6.07, 6.45) is -1.34. The molecular formula is C13H22O5. The first-order chi connectivity index (χ1) is 8.00. The van der Waals surface area contributed by atoms with Gasteiger partial charge in [0.05, 0.1) is 6.10 Å². The summed E-state index contributed by atoms with van der Waals surface area (Å²) in [4.78, 5) is 23.5. The molecule has 5 nitrogen and oxygen atoms in total. The van der Waals surface area contributed by atoms with E-state index in [0.717, 1.165) is 0 Å². The van der Waals surface area contributed by atoms with E-state index in [9.17, 15) is 9.59 Å². The Bertz CT molecular complexity index is 340. The molecule has 104 valence electrons. The standard InChI is InChI=1S/C13H22O5/c1-8-11(18-13(5,6)16-8)9(14)7-10(15)17-12(2,3)4/h8,11H,7H2,1-6H3/t8-,11-/m0/s1. The highest BCUT2D eigenvalue weighted by Gasteiger charge is 2.43. The lowest BCUT2D eigenvalue weighted by atomic mass is 10.1. The van der Waals surface area contributed by atoms with E-state index in [4.69, 9.17) is 14.2 Å². The van der Waals surface area contributed by atoms with Gasteiger partial charge < -0.3 is 14.2 Å². The molecular weight excluding hydrogens is 236 g/mol. The topological polar surface area (TPSA) is 61.8 Å². The molecule has 0 amide bonds. The van der Waals surface area contributed by atoms with Crippen LogP contribution >= 0.6 is 0 Å². The Morgan fingerprint density at radius 2 is 1.78 bits per heavy atom. The number of carbonyl (C=O) groups is 2. The molecule has 1 heterocycles. The van der Waals surface area contributed by atoms with Crippen LogP contribution in [-0.2, 0) is 23.8 Å². The molecule has 1 aliphatic heterocycles. The maximum absolute atomic E-state index is 11.9. The molecule has 1 fully saturated rings. The van der Waals surface area contributed by atoms with E-state index in [1.807, 2.05) is 0 Å². The fourth-order valence-electron chi connectivity index (χ4n) is 1.89. The minimum absolute atomic E-state index is 0.286. The molecule has 1 rings (SSSR count). The highest BCUT2D eigenvalue weighted by atomic mass is 16.8. The Labute approximate surface area is 108 Å². The first-order valence-electron chi connectivity index (χ1n) is 6.10. The van der Waals surface area contributed by atoms with Crippen LogP contribution in [0.15, 0.2) is 0 Å². The quantitative estimate of drug-likeness (QED) is 0.571. The number of Topliss-reactive ketones (excluding diaryl/α,β-unsaturated/α-hetero) is 1. The maximum atomic E-state index is 11.9. The zero-order valence-corrected chi connectivity index (χ0v) is 11.9. The summed E-state index contributed by atoms with van der Waals surface area (Å²) in [5, 5.41) is 0. The van der Waals surface area contributed by atoms with Gasteiger partial charge in [0.2, 0.25) is 0 Å².